The molecule has 0 amide bonds. The largest absolute Gasteiger partial charge is 0.459 e. The van der Waals surface area contributed by atoms with E-state index in [1.165, 1.54) is 12.8 Å². The molecule has 0 N–H and O–H groups in total. The van der Waals surface area contributed by atoms with E-state index in [1.807, 2.05) is 0 Å². The van der Waals surface area contributed by atoms with Crippen LogP contribution in [0.2, 0.25) is 0 Å². The van der Waals surface area contributed by atoms with Crippen LogP contribution in [0.3, 0.4) is 0 Å². The van der Waals surface area contributed by atoms with E-state index in [0.29, 0.717) is 11.8 Å². The van der Waals surface area contributed by atoms with E-state index in [1.54, 1.807) is 0 Å². The zero-order chi connectivity index (χ0) is 15.8. The first kappa shape index (κ1) is 14.5. The first-order valence-electron chi connectivity index (χ1n) is 9.53. The van der Waals surface area contributed by atoms with Gasteiger partial charge < -0.3 is 9.47 Å². The maximum atomic E-state index is 12.9. The van der Waals surface area contributed by atoms with E-state index >= 15 is 0 Å². The molecule has 1 saturated heterocycles. The zero-order valence-electron chi connectivity index (χ0n) is 14.2. The third-order valence-corrected chi connectivity index (χ3v) is 7.85. The monoisotopic (exact) mass is 316 g/mol. The Balaban J connectivity index is 1.30. The van der Waals surface area contributed by atoms with E-state index in [9.17, 15) is 4.79 Å². The predicted octanol–water partition coefficient (Wildman–Crippen LogP) is 3.44. The molecule has 4 aliphatic carbocycles. The third kappa shape index (κ3) is 2.01. The second-order valence-electron chi connectivity index (χ2n) is 9.19. The quantitative estimate of drug-likeness (QED) is 0.454. The van der Waals surface area contributed by atoms with Crippen LogP contribution >= 0.6 is 0 Å². The number of rotatable bonds is 3. The zero-order valence-corrected chi connectivity index (χ0v) is 14.2. The fourth-order valence-electron chi connectivity index (χ4n) is 6.79. The molecule has 0 spiro atoms. The van der Waals surface area contributed by atoms with Crippen LogP contribution in [0.15, 0.2) is 12.2 Å². The lowest BCUT2D eigenvalue weighted by atomic mass is 9.69. The van der Waals surface area contributed by atoms with Gasteiger partial charge >= 0.3 is 5.97 Å². The number of ether oxygens (including phenoxy) is 2. The van der Waals surface area contributed by atoms with Gasteiger partial charge in [-0.1, -0.05) is 12.2 Å². The molecule has 3 heteroatoms. The van der Waals surface area contributed by atoms with Gasteiger partial charge in [-0.3, -0.25) is 4.79 Å². The fraction of sp³-hybridized carbons (Fsp3) is 0.850. The molecule has 0 aromatic rings. The molecule has 1 aliphatic heterocycles. The number of allylic oxidation sites excluding steroid dienone is 2. The molecule has 0 radical (unpaired) electrons. The summed E-state index contributed by atoms with van der Waals surface area (Å²) in [5, 5.41) is 0. The lowest BCUT2D eigenvalue weighted by Crippen LogP contribution is -2.42. The summed E-state index contributed by atoms with van der Waals surface area (Å²) in [6.45, 7) is 5.68. The number of hydrogen-bond donors (Lipinski definition) is 0. The van der Waals surface area contributed by atoms with Gasteiger partial charge in [0.05, 0.1) is 12.5 Å². The molecule has 4 fully saturated rings. The molecule has 5 aliphatic rings. The standard InChI is InChI=1S/C20H28O3/c1-20(2,14-5-6-22-10-14)23-19(21)16-9-13-8-15(16)18-12-4-3-11(7-12)17(13)18/h3-4,11-18H,5-10H2,1-2H3. The molecule has 126 valence electrons. The average Bonchev–Trinajstić information content (AvgIpc) is 3.31. The summed E-state index contributed by atoms with van der Waals surface area (Å²) in [4.78, 5) is 12.9. The minimum absolute atomic E-state index is 0.0830. The molecule has 8 unspecified atom stereocenters. The Bertz CT molecular complexity index is 545. The highest BCUT2D eigenvalue weighted by Gasteiger charge is 2.62. The number of fused-ring (bicyclic) bond motifs is 9. The normalized spacial score (nSPS) is 49.8. The van der Waals surface area contributed by atoms with Gasteiger partial charge in [0.2, 0.25) is 0 Å². The van der Waals surface area contributed by atoms with Crippen molar-refractivity contribution in [2.24, 2.45) is 47.3 Å². The summed E-state index contributed by atoms with van der Waals surface area (Å²) in [6.07, 6.45) is 9.62. The van der Waals surface area contributed by atoms with Gasteiger partial charge in [0, 0.05) is 12.5 Å². The summed E-state index contributed by atoms with van der Waals surface area (Å²) in [7, 11) is 0. The van der Waals surface area contributed by atoms with Gasteiger partial charge in [-0.25, -0.2) is 0 Å². The summed E-state index contributed by atoms with van der Waals surface area (Å²) in [5.74, 6) is 5.21. The van der Waals surface area contributed by atoms with Crippen LogP contribution in [-0.2, 0) is 14.3 Å². The molecule has 3 saturated carbocycles. The maximum absolute atomic E-state index is 12.9. The van der Waals surface area contributed by atoms with Crippen molar-refractivity contribution in [3.05, 3.63) is 12.2 Å². The first-order valence-corrected chi connectivity index (χ1v) is 9.53. The van der Waals surface area contributed by atoms with E-state index in [0.717, 1.165) is 55.6 Å². The van der Waals surface area contributed by atoms with E-state index in [-0.39, 0.29) is 17.5 Å². The van der Waals surface area contributed by atoms with Crippen LogP contribution in [0, 0.1) is 47.3 Å². The lowest BCUT2D eigenvalue weighted by Gasteiger charge is -2.38. The summed E-state index contributed by atoms with van der Waals surface area (Å²) in [6, 6.07) is 0. The van der Waals surface area contributed by atoms with Crippen molar-refractivity contribution in [2.45, 2.75) is 45.1 Å². The molecule has 3 nitrogen and oxygen atoms in total. The predicted molar refractivity (Wildman–Crippen MR) is 86.5 cm³/mol. The Morgan fingerprint density at radius 3 is 2.65 bits per heavy atom. The Hall–Kier alpha value is -0.830. The smallest absolute Gasteiger partial charge is 0.309 e. The average molecular weight is 316 g/mol. The van der Waals surface area contributed by atoms with Crippen molar-refractivity contribution in [3.8, 4) is 0 Å². The molecule has 5 rings (SSSR count). The van der Waals surface area contributed by atoms with Crippen molar-refractivity contribution in [1.29, 1.82) is 0 Å². The Kier molecular flexibility index (Phi) is 3.05. The molecule has 8 atom stereocenters. The van der Waals surface area contributed by atoms with Gasteiger partial charge in [-0.2, -0.15) is 0 Å². The first-order chi connectivity index (χ1) is 11.0. The molecule has 0 aromatic carbocycles. The third-order valence-electron chi connectivity index (χ3n) is 7.85. The van der Waals surface area contributed by atoms with Crippen molar-refractivity contribution >= 4 is 5.97 Å². The highest BCUT2D eigenvalue weighted by atomic mass is 16.6. The topological polar surface area (TPSA) is 35.5 Å². The minimum Gasteiger partial charge on any atom is -0.459 e. The Morgan fingerprint density at radius 1 is 1.13 bits per heavy atom. The van der Waals surface area contributed by atoms with E-state index < -0.39 is 0 Å². The summed E-state index contributed by atoms with van der Waals surface area (Å²) < 4.78 is 11.5. The van der Waals surface area contributed by atoms with Crippen LogP contribution in [0.5, 0.6) is 0 Å². The van der Waals surface area contributed by atoms with E-state index in [2.05, 4.69) is 26.0 Å². The second kappa shape index (κ2) is 4.84. The SMILES string of the molecule is CC(C)(OC(=O)C1CC2CC1C1C3C=CC(C3)C21)C1CCOC1. The number of esters is 1. The van der Waals surface area contributed by atoms with Crippen LogP contribution < -0.4 is 0 Å². The van der Waals surface area contributed by atoms with Crippen molar-refractivity contribution in [3.63, 3.8) is 0 Å². The Morgan fingerprint density at radius 2 is 1.91 bits per heavy atom. The highest BCUT2D eigenvalue weighted by molar-refractivity contribution is 5.74. The van der Waals surface area contributed by atoms with Crippen LogP contribution in [0.25, 0.3) is 0 Å². The molecule has 4 bridgehead atoms. The number of carbonyl (C=O) groups is 1. The number of carbonyl (C=O) groups excluding carboxylic acids is 1. The summed E-state index contributed by atoms with van der Waals surface area (Å²) >= 11 is 0. The fourth-order valence-corrected chi connectivity index (χ4v) is 6.79. The number of hydrogen-bond acceptors (Lipinski definition) is 3. The summed E-state index contributed by atoms with van der Waals surface area (Å²) in [5.41, 5.74) is -0.386. The van der Waals surface area contributed by atoms with Crippen LogP contribution in [0.1, 0.15) is 39.5 Å². The van der Waals surface area contributed by atoms with Gasteiger partial charge in [-0.15, -0.1) is 0 Å². The van der Waals surface area contributed by atoms with E-state index in [4.69, 9.17) is 9.47 Å². The molecule has 0 aromatic heterocycles. The van der Waals surface area contributed by atoms with Gasteiger partial charge in [0.25, 0.3) is 0 Å². The molecule has 1 heterocycles. The van der Waals surface area contributed by atoms with Gasteiger partial charge in [-0.05, 0) is 75.0 Å². The van der Waals surface area contributed by atoms with Gasteiger partial charge in [0.1, 0.15) is 5.60 Å². The van der Waals surface area contributed by atoms with Crippen LogP contribution in [-0.4, -0.2) is 24.8 Å². The molecule has 23 heavy (non-hydrogen) atoms. The van der Waals surface area contributed by atoms with Crippen molar-refractivity contribution in [2.75, 3.05) is 13.2 Å². The maximum Gasteiger partial charge on any atom is 0.309 e. The van der Waals surface area contributed by atoms with Gasteiger partial charge in [0.15, 0.2) is 0 Å². The second-order valence-corrected chi connectivity index (χ2v) is 9.19. The molecular formula is C20H28O3. The van der Waals surface area contributed by atoms with Crippen molar-refractivity contribution < 1.29 is 14.3 Å². The lowest BCUT2D eigenvalue weighted by molar-refractivity contribution is -0.170. The minimum atomic E-state index is -0.386. The van der Waals surface area contributed by atoms with Crippen LogP contribution in [0.4, 0.5) is 0 Å². The molecular weight excluding hydrogens is 288 g/mol. The van der Waals surface area contributed by atoms with Crippen molar-refractivity contribution in [1.82, 2.24) is 0 Å². The highest BCUT2D eigenvalue weighted by Crippen LogP contribution is 2.67. The Labute approximate surface area is 138 Å².